The number of hydrogen-bond acceptors (Lipinski definition) is 0. The van der Waals surface area contributed by atoms with Crippen LogP contribution in [0.5, 0.6) is 0 Å². The molecule has 3 bridgehead atoms. The van der Waals surface area contributed by atoms with Crippen LogP contribution in [0.15, 0.2) is 0 Å². The highest BCUT2D eigenvalue weighted by atomic mass is 14.8. The minimum Gasteiger partial charge on any atom is -0.0588 e. The van der Waals surface area contributed by atoms with Crippen LogP contribution in [0.1, 0.15) is 72.1 Å². The van der Waals surface area contributed by atoms with Crippen LogP contribution in [0.4, 0.5) is 0 Å². The van der Waals surface area contributed by atoms with Crippen LogP contribution in [0.2, 0.25) is 0 Å². The van der Waals surface area contributed by atoms with E-state index in [2.05, 4.69) is 20.8 Å². The van der Waals surface area contributed by atoms with Gasteiger partial charge in [-0.05, 0) is 66.1 Å². The third-order valence-corrected chi connectivity index (χ3v) is 8.39. The molecule has 4 aliphatic rings. The lowest BCUT2D eigenvalue weighted by atomic mass is 9.52. The number of fused-ring (bicyclic) bond motifs is 4. The average Bonchev–Trinajstić information content (AvgIpc) is 2.88. The van der Waals surface area contributed by atoms with Crippen LogP contribution in [-0.4, -0.2) is 0 Å². The molecule has 4 aliphatic carbocycles. The van der Waals surface area contributed by atoms with Gasteiger partial charge in [-0.2, -0.15) is 0 Å². The second-order valence-electron chi connectivity index (χ2n) is 8.21. The van der Waals surface area contributed by atoms with E-state index in [9.17, 15) is 0 Å². The minimum absolute atomic E-state index is 0.632. The lowest BCUT2D eigenvalue weighted by molar-refractivity contribution is -0.0406. The summed E-state index contributed by atoms with van der Waals surface area (Å²) < 4.78 is 0. The Kier molecular flexibility index (Phi) is 1.50. The van der Waals surface area contributed by atoms with Crippen LogP contribution in [0.3, 0.4) is 0 Å². The largest absolute Gasteiger partial charge is 0.0588 e. The fraction of sp³-hybridized carbons (Fsp3) is 1.00. The highest BCUT2D eigenvalue weighted by Crippen LogP contribution is 2.87. The van der Waals surface area contributed by atoms with Gasteiger partial charge in [0.1, 0.15) is 0 Å². The molecule has 0 heterocycles. The highest BCUT2D eigenvalue weighted by Gasteiger charge is 2.79. The first-order valence-corrected chi connectivity index (χ1v) is 7.48. The van der Waals surface area contributed by atoms with Gasteiger partial charge in [0.25, 0.3) is 0 Å². The van der Waals surface area contributed by atoms with Crippen molar-refractivity contribution in [1.29, 1.82) is 0 Å². The van der Waals surface area contributed by atoms with E-state index < -0.39 is 0 Å². The third kappa shape index (κ3) is 0.680. The molecule has 0 aromatic heterocycles. The summed E-state index contributed by atoms with van der Waals surface area (Å²) in [6, 6.07) is 0. The normalized spacial score (nSPS) is 55.3. The van der Waals surface area contributed by atoms with E-state index in [-0.39, 0.29) is 0 Å². The van der Waals surface area contributed by atoms with Crippen molar-refractivity contribution < 1.29 is 0 Å². The fourth-order valence-corrected chi connectivity index (χ4v) is 7.30. The summed E-state index contributed by atoms with van der Waals surface area (Å²) in [7, 11) is 0. The zero-order valence-corrected chi connectivity index (χ0v) is 11.2. The maximum Gasteiger partial charge on any atom is -0.0184 e. The smallest absolute Gasteiger partial charge is 0.0184 e. The van der Waals surface area contributed by atoms with E-state index in [1.54, 1.807) is 38.5 Å². The molecule has 4 saturated carbocycles. The van der Waals surface area contributed by atoms with Crippen LogP contribution < -0.4 is 0 Å². The Labute approximate surface area is 100 Å². The molecular formula is C16H26. The van der Waals surface area contributed by atoms with E-state index in [0.717, 1.165) is 16.7 Å². The predicted octanol–water partition coefficient (Wildman–Crippen LogP) is 4.78. The van der Waals surface area contributed by atoms with Crippen LogP contribution in [-0.2, 0) is 0 Å². The first-order valence-electron chi connectivity index (χ1n) is 7.48. The van der Waals surface area contributed by atoms with Gasteiger partial charge < -0.3 is 0 Å². The van der Waals surface area contributed by atoms with Gasteiger partial charge in [-0.25, -0.2) is 0 Å². The van der Waals surface area contributed by atoms with Crippen molar-refractivity contribution in [3.8, 4) is 0 Å². The molecule has 0 radical (unpaired) electrons. The molecule has 0 N–H and O–H groups in total. The van der Waals surface area contributed by atoms with Crippen molar-refractivity contribution in [2.45, 2.75) is 72.1 Å². The molecule has 90 valence electrons. The summed E-state index contributed by atoms with van der Waals surface area (Å²) in [5, 5.41) is 0. The SMILES string of the molecule is CC1(C)C23CCC(C2)C1(C)C1(CCCC1)C3. The van der Waals surface area contributed by atoms with Gasteiger partial charge >= 0.3 is 0 Å². The molecule has 0 aromatic carbocycles. The molecule has 0 aromatic rings. The Morgan fingerprint density at radius 2 is 1.56 bits per heavy atom. The van der Waals surface area contributed by atoms with E-state index in [0.29, 0.717) is 10.8 Å². The summed E-state index contributed by atoms with van der Waals surface area (Å²) in [5.74, 6) is 1.08. The van der Waals surface area contributed by atoms with Crippen molar-refractivity contribution >= 4 is 0 Å². The Hall–Kier alpha value is 0. The van der Waals surface area contributed by atoms with Gasteiger partial charge in [-0.15, -0.1) is 0 Å². The molecule has 0 amide bonds. The van der Waals surface area contributed by atoms with E-state index in [4.69, 9.17) is 0 Å². The third-order valence-electron chi connectivity index (χ3n) is 8.39. The van der Waals surface area contributed by atoms with Gasteiger partial charge in [-0.1, -0.05) is 33.6 Å². The summed E-state index contributed by atoms with van der Waals surface area (Å²) in [4.78, 5) is 0. The molecule has 3 unspecified atom stereocenters. The van der Waals surface area contributed by atoms with Crippen molar-refractivity contribution in [3.63, 3.8) is 0 Å². The molecular weight excluding hydrogens is 192 g/mol. The number of rotatable bonds is 0. The first kappa shape index (κ1) is 9.97. The zero-order chi connectivity index (χ0) is 11.2. The molecule has 4 fully saturated rings. The van der Waals surface area contributed by atoms with Crippen molar-refractivity contribution in [2.75, 3.05) is 0 Å². The standard InChI is InChI=1S/C16H26/c1-13(2)14(3)12-6-9-16(13,10-12)11-15(14)7-4-5-8-15/h12H,4-11H2,1-3H3. The zero-order valence-electron chi connectivity index (χ0n) is 11.2. The van der Waals surface area contributed by atoms with Crippen LogP contribution in [0.25, 0.3) is 0 Å². The van der Waals surface area contributed by atoms with E-state index in [1.165, 1.54) is 12.8 Å². The van der Waals surface area contributed by atoms with Gasteiger partial charge in [0, 0.05) is 0 Å². The predicted molar refractivity (Wildman–Crippen MR) is 67.2 cm³/mol. The van der Waals surface area contributed by atoms with Crippen LogP contribution >= 0.6 is 0 Å². The lowest BCUT2D eigenvalue weighted by Gasteiger charge is -2.52. The maximum absolute atomic E-state index is 2.69. The Balaban J connectivity index is 1.93. The summed E-state index contributed by atoms with van der Waals surface area (Å²) >= 11 is 0. The maximum atomic E-state index is 2.69. The lowest BCUT2D eigenvalue weighted by Crippen LogP contribution is -2.46. The molecule has 0 saturated heterocycles. The van der Waals surface area contributed by atoms with E-state index >= 15 is 0 Å². The van der Waals surface area contributed by atoms with Gasteiger partial charge in [-0.3, -0.25) is 0 Å². The molecule has 0 aliphatic heterocycles. The second-order valence-corrected chi connectivity index (χ2v) is 8.21. The molecule has 16 heavy (non-hydrogen) atoms. The highest BCUT2D eigenvalue weighted by molar-refractivity contribution is 5.28. The Bertz CT molecular complexity index is 347. The van der Waals surface area contributed by atoms with Crippen molar-refractivity contribution in [3.05, 3.63) is 0 Å². The van der Waals surface area contributed by atoms with Gasteiger partial charge in [0.15, 0.2) is 0 Å². The Morgan fingerprint density at radius 1 is 0.875 bits per heavy atom. The van der Waals surface area contributed by atoms with Gasteiger partial charge in [0.05, 0.1) is 0 Å². The van der Waals surface area contributed by atoms with Gasteiger partial charge in [0.2, 0.25) is 0 Å². The summed E-state index contributed by atoms with van der Waals surface area (Å²) in [5.41, 5.74) is 2.86. The Morgan fingerprint density at radius 3 is 2.12 bits per heavy atom. The van der Waals surface area contributed by atoms with Crippen molar-refractivity contribution in [2.24, 2.45) is 27.6 Å². The first-order chi connectivity index (χ1) is 7.48. The van der Waals surface area contributed by atoms with Crippen LogP contribution in [0, 0.1) is 27.6 Å². The number of hydrogen-bond donors (Lipinski definition) is 0. The molecule has 3 atom stereocenters. The fourth-order valence-electron chi connectivity index (χ4n) is 7.30. The minimum atomic E-state index is 0.632. The second kappa shape index (κ2) is 2.40. The van der Waals surface area contributed by atoms with E-state index in [1.807, 2.05) is 0 Å². The topological polar surface area (TPSA) is 0 Å². The summed E-state index contributed by atoms with van der Waals surface area (Å²) in [6.45, 7) is 7.94. The molecule has 0 heteroatoms. The molecule has 0 nitrogen and oxygen atoms in total. The summed E-state index contributed by atoms with van der Waals surface area (Å²) in [6.07, 6.45) is 12.5. The quantitative estimate of drug-likeness (QED) is 0.549. The molecule has 2 spiro atoms. The monoisotopic (exact) mass is 218 g/mol. The van der Waals surface area contributed by atoms with Crippen molar-refractivity contribution in [1.82, 2.24) is 0 Å². The average molecular weight is 218 g/mol. The molecule has 4 rings (SSSR count).